The quantitative estimate of drug-likeness (QED) is 0.510. The fourth-order valence-electron chi connectivity index (χ4n) is 3.81. The number of ether oxygens (including phenoxy) is 1. The average molecular weight is 511 g/mol. The third-order valence-corrected chi connectivity index (χ3v) is 5.68. The molecule has 1 atom stereocenters. The normalized spacial score (nSPS) is 14.5. The third kappa shape index (κ3) is 6.64. The zero-order valence-electron chi connectivity index (χ0n) is 20.3. The van der Waals surface area contributed by atoms with E-state index in [4.69, 9.17) is 4.74 Å². The van der Waals surface area contributed by atoms with Crippen LogP contribution in [0.2, 0.25) is 0 Å². The van der Waals surface area contributed by atoms with Crippen molar-refractivity contribution < 1.29 is 27.8 Å². The molecule has 7 nitrogen and oxygen atoms in total. The lowest BCUT2D eigenvalue weighted by Crippen LogP contribution is -2.36. The molecule has 1 amide bonds. The Labute approximate surface area is 212 Å². The Kier molecular flexibility index (Phi) is 7.76. The van der Waals surface area contributed by atoms with Gasteiger partial charge in [0.1, 0.15) is 23.3 Å². The fourth-order valence-corrected chi connectivity index (χ4v) is 3.81. The SMILES string of the molecule is Cc1ccc(NC(=O)c2ccnc(C(F)(F)F)c2)cc1-c1cc(C#C[C@H](C)O)nc(N2CCOCC2)c1. The van der Waals surface area contributed by atoms with E-state index in [-0.39, 0.29) is 5.56 Å². The number of halogens is 3. The Morgan fingerprint density at radius 2 is 1.92 bits per heavy atom. The van der Waals surface area contributed by atoms with E-state index in [1.54, 1.807) is 25.1 Å². The number of aliphatic hydroxyl groups is 1. The third-order valence-electron chi connectivity index (χ3n) is 5.68. The van der Waals surface area contributed by atoms with Gasteiger partial charge in [-0.2, -0.15) is 13.2 Å². The number of hydrogen-bond donors (Lipinski definition) is 2. The zero-order chi connectivity index (χ0) is 26.6. The molecule has 1 fully saturated rings. The maximum atomic E-state index is 13.0. The molecule has 0 unspecified atom stereocenters. The van der Waals surface area contributed by atoms with Gasteiger partial charge in [0.05, 0.1) is 13.2 Å². The molecule has 3 aromatic rings. The van der Waals surface area contributed by atoms with Gasteiger partial charge in [0.25, 0.3) is 5.91 Å². The van der Waals surface area contributed by atoms with Crippen LogP contribution in [0.25, 0.3) is 11.1 Å². The molecule has 0 bridgehead atoms. The van der Waals surface area contributed by atoms with Crippen molar-refractivity contribution in [2.75, 3.05) is 36.5 Å². The number of nitrogens with zero attached hydrogens (tertiary/aromatic N) is 3. The molecule has 1 aliphatic heterocycles. The van der Waals surface area contributed by atoms with Gasteiger partial charge in [-0.1, -0.05) is 12.0 Å². The predicted octanol–water partition coefficient (Wildman–Crippen LogP) is 4.29. The summed E-state index contributed by atoms with van der Waals surface area (Å²) < 4.78 is 44.5. The minimum atomic E-state index is -4.65. The summed E-state index contributed by atoms with van der Waals surface area (Å²) in [5.74, 6) is 5.64. The number of pyridine rings is 2. The number of carbonyl (C=O) groups is 1. The Morgan fingerprint density at radius 3 is 2.62 bits per heavy atom. The van der Waals surface area contributed by atoms with Gasteiger partial charge in [0.2, 0.25) is 0 Å². The summed E-state index contributed by atoms with van der Waals surface area (Å²) in [7, 11) is 0. The van der Waals surface area contributed by atoms with E-state index in [1.807, 2.05) is 19.1 Å². The minimum absolute atomic E-state index is 0.154. The van der Waals surface area contributed by atoms with Crippen molar-refractivity contribution in [1.29, 1.82) is 0 Å². The van der Waals surface area contributed by atoms with Crippen LogP contribution >= 0.6 is 0 Å². The number of anilines is 2. The predicted molar refractivity (Wildman–Crippen MR) is 133 cm³/mol. The van der Waals surface area contributed by atoms with Crippen molar-refractivity contribution >= 4 is 17.4 Å². The Balaban J connectivity index is 1.68. The largest absolute Gasteiger partial charge is 0.433 e. The molecule has 192 valence electrons. The lowest BCUT2D eigenvalue weighted by molar-refractivity contribution is -0.141. The van der Waals surface area contributed by atoms with Crippen LogP contribution in [-0.4, -0.2) is 53.4 Å². The van der Waals surface area contributed by atoms with Gasteiger partial charge < -0.3 is 20.1 Å². The topological polar surface area (TPSA) is 87.6 Å². The summed E-state index contributed by atoms with van der Waals surface area (Å²) >= 11 is 0. The van der Waals surface area contributed by atoms with Crippen LogP contribution in [0, 0.1) is 18.8 Å². The Bertz CT molecular complexity index is 1360. The molecule has 3 heterocycles. The van der Waals surface area contributed by atoms with E-state index in [9.17, 15) is 23.1 Å². The first-order chi connectivity index (χ1) is 17.6. The number of carbonyl (C=O) groups excluding carboxylic acids is 1. The van der Waals surface area contributed by atoms with E-state index in [0.717, 1.165) is 29.0 Å². The van der Waals surface area contributed by atoms with Gasteiger partial charge in [0.15, 0.2) is 0 Å². The number of rotatable bonds is 4. The number of alkyl halides is 3. The molecule has 2 N–H and O–H groups in total. The van der Waals surface area contributed by atoms with E-state index in [0.29, 0.717) is 43.5 Å². The molecule has 4 rings (SSSR count). The molecule has 0 spiro atoms. The minimum Gasteiger partial charge on any atom is -0.381 e. The number of benzene rings is 1. The second-order valence-electron chi connectivity index (χ2n) is 8.56. The van der Waals surface area contributed by atoms with E-state index >= 15 is 0 Å². The monoisotopic (exact) mass is 510 g/mol. The molecule has 1 saturated heterocycles. The highest BCUT2D eigenvalue weighted by molar-refractivity contribution is 6.04. The van der Waals surface area contributed by atoms with Crippen molar-refractivity contribution in [3.63, 3.8) is 0 Å². The smallest absolute Gasteiger partial charge is 0.381 e. The summed E-state index contributed by atoms with van der Waals surface area (Å²) in [6.07, 6.45) is -4.51. The second kappa shape index (κ2) is 11.0. The summed E-state index contributed by atoms with van der Waals surface area (Å²) in [4.78, 5) is 22.7. The maximum absolute atomic E-state index is 13.0. The molecule has 37 heavy (non-hydrogen) atoms. The van der Waals surface area contributed by atoms with Crippen LogP contribution in [0.4, 0.5) is 24.7 Å². The number of aliphatic hydroxyl groups excluding tert-OH is 1. The first-order valence-corrected chi connectivity index (χ1v) is 11.6. The summed E-state index contributed by atoms with van der Waals surface area (Å²) in [5, 5.41) is 12.3. The van der Waals surface area contributed by atoms with Crippen LogP contribution in [0.5, 0.6) is 0 Å². The van der Waals surface area contributed by atoms with Crippen molar-refractivity contribution in [1.82, 2.24) is 9.97 Å². The molecular formula is C27H25F3N4O3. The van der Waals surface area contributed by atoms with Gasteiger partial charge in [0, 0.05) is 30.5 Å². The lowest BCUT2D eigenvalue weighted by Gasteiger charge is -2.28. The van der Waals surface area contributed by atoms with E-state index < -0.39 is 23.9 Å². The lowest BCUT2D eigenvalue weighted by atomic mass is 9.99. The molecular weight excluding hydrogens is 485 g/mol. The number of nitrogens with one attached hydrogen (secondary N) is 1. The van der Waals surface area contributed by atoms with Gasteiger partial charge in [-0.05, 0) is 72.9 Å². The second-order valence-corrected chi connectivity index (χ2v) is 8.56. The molecule has 0 saturated carbocycles. The zero-order valence-corrected chi connectivity index (χ0v) is 20.3. The van der Waals surface area contributed by atoms with Gasteiger partial charge in [-0.15, -0.1) is 0 Å². The summed E-state index contributed by atoms with van der Waals surface area (Å²) in [6.45, 7) is 5.96. The van der Waals surface area contributed by atoms with Crippen LogP contribution in [-0.2, 0) is 10.9 Å². The van der Waals surface area contributed by atoms with Gasteiger partial charge in [-0.25, -0.2) is 4.98 Å². The first-order valence-electron chi connectivity index (χ1n) is 11.6. The fraction of sp³-hybridized carbons (Fsp3) is 0.296. The molecule has 0 aliphatic carbocycles. The van der Waals surface area contributed by atoms with E-state index in [1.165, 1.54) is 6.07 Å². The van der Waals surface area contributed by atoms with E-state index in [2.05, 4.69) is 32.0 Å². The van der Waals surface area contributed by atoms with Crippen molar-refractivity contribution in [3.8, 4) is 23.0 Å². The van der Waals surface area contributed by atoms with Crippen LogP contribution in [0.3, 0.4) is 0 Å². The highest BCUT2D eigenvalue weighted by Gasteiger charge is 2.33. The van der Waals surface area contributed by atoms with Crippen molar-refractivity contribution in [2.24, 2.45) is 0 Å². The number of amides is 1. The molecule has 10 heteroatoms. The molecule has 1 aromatic carbocycles. The van der Waals surface area contributed by atoms with Crippen LogP contribution in [0.15, 0.2) is 48.7 Å². The highest BCUT2D eigenvalue weighted by Crippen LogP contribution is 2.31. The number of morpholine rings is 1. The van der Waals surface area contributed by atoms with Crippen molar-refractivity contribution in [2.45, 2.75) is 26.1 Å². The first kappa shape index (κ1) is 26.1. The maximum Gasteiger partial charge on any atom is 0.433 e. The van der Waals surface area contributed by atoms with Crippen LogP contribution < -0.4 is 10.2 Å². The highest BCUT2D eigenvalue weighted by atomic mass is 19.4. The summed E-state index contributed by atoms with van der Waals surface area (Å²) in [5.41, 5.74) is 2.10. The molecule has 0 radical (unpaired) electrons. The van der Waals surface area contributed by atoms with Gasteiger partial charge >= 0.3 is 6.18 Å². The van der Waals surface area contributed by atoms with Crippen LogP contribution in [0.1, 0.15) is 34.2 Å². The number of aromatic nitrogens is 2. The average Bonchev–Trinajstić information content (AvgIpc) is 2.88. The Hall–Kier alpha value is -3.94. The van der Waals surface area contributed by atoms with Gasteiger partial charge in [-0.3, -0.25) is 9.78 Å². The number of hydrogen-bond acceptors (Lipinski definition) is 6. The van der Waals surface area contributed by atoms with Crippen molar-refractivity contribution in [3.05, 3.63) is 71.2 Å². The molecule has 2 aromatic heterocycles. The Morgan fingerprint density at radius 1 is 1.16 bits per heavy atom. The molecule has 1 aliphatic rings. The number of aryl methyl sites for hydroxylation is 1. The standard InChI is InChI=1S/C27H25F3N4O3/c1-17-3-5-22(33-26(36)19-7-8-31-24(14-19)27(28,29)30)16-23(17)20-13-21(6-4-18(2)35)32-25(15-20)34-9-11-37-12-10-34/h3,5,7-8,13-16,18,35H,9-12H2,1-2H3,(H,33,36)/t18-/m0/s1. The summed E-state index contributed by atoms with van der Waals surface area (Å²) in [6, 6.07) is 10.9.